The van der Waals surface area contributed by atoms with Gasteiger partial charge in [0.25, 0.3) is 5.91 Å². The minimum absolute atomic E-state index is 0.00867. The molecule has 1 heterocycles. The van der Waals surface area contributed by atoms with Gasteiger partial charge in [0.15, 0.2) is 0 Å². The average Bonchev–Trinajstić information content (AvgIpc) is 2.47. The molecular formula is C17H19ClN2O. The number of rotatable bonds is 5. The van der Waals surface area contributed by atoms with Gasteiger partial charge in [-0.2, -0.15) is 0 Å². The third-order valence-corrected chi connectivity index (χ3v) is 3.41. The number of carbonyl (C=O) groups is 1. The van der Waals surface area contributed by atoms with E-state index < -0.39 is 0 Å². The summed E-state index contributed by atoms with van der Waals surface area (Å²) in [5, 5.41) is 3.40. The molecule has 1 N–H and O–H groups in total. The van der Waals surface area contributed by atoms with E-state index in [1.165, 1.54) is 6.20 Å². The molecule has 0 radical (unpaired) electrons. The Kier molecular flexibility index (Phi) is 5.34. The molecule has 4 heteroatoms. The number of pyridine rings is 1. The molecule has 0 aliphatic carbocycles. The summed E-state index contributed by atoms with van der Waals surface area (Å²) in [5.41, 5.74) is 1.64. The van der Waals surface area contributed by atoms with Crippen LogP contribution in [0.2, 0.25) is 5.15 Å². The summed E-state index contributed by atoms with van der Waals surface area (Å²) in [7, 11) is 0. The van der Waals surface area contributed by atoms with Crippen LogP contribution < -0.4 is 5.32 Å². The van der Waals surface area contributed by atoms with Crippen molar-refractivity contribution in [3.63, 3.8) is 0 Å². The molecule has 21 heavy (non-hydrogen) atoms. The fraction of sp³-hybridized carbons (Fsp3) is 0.294. The molecule has 0 bridgehead atoms. The Hall–Kier alpha value is -1.87. The zero-order valence-electron chi connectivity index (χ0n) is 12.2. The molecule has 0 spiro atoms. The highest BCUT2D eigenvalue weighted by molar-refractivity contribution is 6.29. The standard InChI is InChI=1S/C17H19ClN2O/c1-12(2)10-15(13-6-4-3-5-7-13)20-17(21)14-8-9-19-16(18)11-14/h3-9,11-12,15H,10H2,1-2H3,(H,20,21). The van der Waals surface area contributed by atoms with Gasteiger partial charge >= 0.3 is 0 Å². The van der Waals surface area contributed by atoms with Crippen LogP contribution in [0.15, 0.2) is 48.7 Å². The molecule has 3 nitrogen and oxygen atoms in total. The van der Waals surface area contributed by atoms with Crippen molar-refractivity contribution < 1.29 is 4.79 Å². The van der Waals surface area contributed by atoms with Crippen molar-refractivity contribution in [2.24, 2.45) is 5.92 Å². The number of amides is 1. The predicted molar refractivity (Wildman–Crippen MR) is 85.4 cm³/mol. The molecule has 1 aromatic heterocycles. The highest BCUT2D eigenvalue weighted by atomic mass is 35.5. The highest BCUT2D eigenvalue weighted by Gasteiger charge is 2.17. The lowest BCUT2D eigenvalue weighted by atomic mass is 9.96. The Bertz CT molecular complexity index is 599. The van der Waals surface area contributed by atoms with Gasteiger partial charge in [-0.25, -0.2) is 4.98 Å². The molecule has 1 atom stereocenters. The number of nitrogens with zero attached hydrogens (tertiary/aromatic N) is 1. The zero-order chi connectivity index (χ0) is 15.2. The predicted octanol–water partition coefficient (Wildman–Crippen LogP) is 4.25. The first-order valence-electron chi connectivity index (χ1n) is 7.03. The maximum Gasteiger partial charge on any atom is 0.251 e. The number of benzene rings is 1. The van der Waals surface area contributed by atoms with Crippen LogP contribution in [0.25, 0.3) is 0 Å². The second-order valence-corrected chi connectivity index (χ2v) is 5.82. The highest BCUT2D eigenvalue weighted by Crippen LogP contribution is 2.21. The van der Waals surface area contributed by atoms with Crippen LogP contribution >= 0.6 is 11.6 Å². The van der Waals surface area contributed by atoms with Crippen molar-refractivity contribution in [2.45, 2.75) is 26.3 Å². The number of hydrogen-bond acceptors (Lipinski definition) is 2. The van der Waals surface area contributed by atoms with Crippen LogP contribution in [0, 0.1) is 5.92 Å². The number of carbonyl (C=O) groups excluding carboxylic acids is 1. The summed E-state index contributed by atoms with van der Waals surface area (Å²) < 4.78 is 0. The SMILES string of the molecule is CC(C)CC(NC(=O)c1ccnc(Cl)c1)c1ccccc1. The van der Waals surface area contributed by atoms with E-state index in [1.807, 2.05) is 30.3 Å². The molecule has 2 aromatic rings. The minimum atomic E-state index is -0.131. The summed E-state index contributed by atoms with van der Waals surface area (Å²) in [6.45, 7) is 4.29. The normalized spacial score (nSPS) is 12.2. The number of halogens is 1. The molecule has 0 saturated carbocycles. The summed E-state index contributed by atoms with van der Waals surface area (Å²) in [6, 6.07) is 13.2. The van der Waals surface area contributed by atoms with E-state index in [0.29, 0.717) is 16.6 Å². The lowest BCUT2D eigenvalue weighted by Crippen LogP contribution is -2.29. The topological polar surface area (TPSA) is 42.0 Å². The van der Waals surface area contributed by atoms with E-state index in [1.54, 1.807) is 12.1 Å². The van der Waals surface area contributed by atoms with E-state index in [-0.39, 0.29) is 11.9 Å². The molecule has 0 aliphatic rings. The Labute approximate surface area is 130 Å². The van der Waals surface area contributed by atoms with Crippen molar-refractivity contribution in [3.05, 3.63) is 64.9 Å². The number of nitrogens with one attached hydrogen (secondary N) is 1. The first-order valence-corrected chi connectivity index (χ1v) is 7.41. The molecule has 1 amide bonds. The van der Waals surface area contributed by atoms with Gasteiger partial charge in [0, 0.05) is 11.8 Å². The second kappa shape index (κ2) is 7.23. The zero-order valence-corrected chi connectivity index (χ0v) is 13.0. The quantitative estimate of drug-likeness (QED) is 0.839. The third kappa shape index (κ3) is 4.57. The lowest BCUT2D eigenvalue weighted by molar-refractivity contribution is 0.0932. The monoisotopic (exact) mass is 302 g/mol. The van der Waals surface area contributed by atoms with Gasteiger partial charge in [-0.15, -0.1) is 0 Å². The first kappa shape index (κ1) is 15.5. The van der Waals surface area contributed by atoms with E-state index in [0.717, 1.165) is 12.0 Å². The summed E-state index contributed by atoms with van der Waals surface area (Å²) in [6.07, 6.45) is 2.42. The van der Waals surface area contributed by atoms with E-state index in [9.17, 15) is 4.79 Å². The number of aromatic nitrogens is 1. The van der Waals surface area contributed by atoms with Gasteiger partial charge < -0.3 is 5.32 Å². The van der Waals surface area contributed by atoms with E-state index in [2.05, 4.69) is 24.1 Å². The molecule has 0 saturated heterocycles. The molecule has 0 fully saturated rings. The van der Waals surface area contributed by atoms with Crippen molar-refractivity contribution in [3.8, 4) is 0 Å². The summed E-state index contributed by atoms with van der Waals surface area (Å²) >= 11 is 5.84. The van der Waals surface area contributed by atoms with Crippen LogP contribution in [-0.2, 0) is 0 Å². The molecule has 2 rings (SSSR count). The van der Waals surface area contributed by atoms with Gasteiger partial charge in [-0.3, -0.25) is 4.79 Å². The van der Waals surface area contributed by atoms with Gasteiger partial charge in [-0.05, 0) is 30.0 Å². The molecule has 0 aliphatic heterocycles. The van der Waals surface area contributed by atoms with Crippen molar-refractivity contribution in [1.82, 2.24) is 10.3 Å². The Balaban J connectivity index is 2.17. The Morgan fingerprint density at radius 1 is 1.24 bits per heavy atom. The maximum atomic E-state index is 12.4. The van der Waals surface area contributed by atoms with Crippen molar-refractivity contribution in [2.75, 3.05) is 0 Å². The van der Waals surface area contributed by atoms with Crippen LogP contribution in [0.5, 0.6) is 0 Å². The van der Waals surface area contributed by atoms with Gasteiger partial charge in [0.05, 0.1) is 6.04 Å². The number of hydrogen-bond donors (Lipinski definition) is 1. The van der Waals surface area contributed by atoms with Crippen LogP contribution in [-0.4, -0.2) is 10.9 Å². The minimum Gasteiger partial charge on any atom is -0.345 e. The smallest absolute Gasteiger partial charge is 0.251 e. The van der Waals surface area contributed by atoms with E-state index in [4.69, 9.17) is 11.6 Å². The largest absolute Gasteiger partial charge is 0.345 e. The van der Waals surface area contributed by atoms with Crippen molar-refractivity contribution >= 4 is 17.5 Å². The molecular weight excluding hydrogens is 284 g/mol. The average molecular weight is 303 g/mol. The molecule has 1 aromatic carbocycles. The van der Waals surface area contributed by atoms with Crippen LogP contribution in [0.3, 0.4) is 0 Å². The lowest BCUT2D eigenvalue weighted by Gasteiger charge is -2.21. The first-order chi connectivity index (χ1) is 10.1. The van der Waals surface area contributed by atoms with Gasteiger partial charge in [0.1, 0.15) is 5.15 Å². The maximum absolute atomic E-state index is 12.4. The van der Waals surface area contributed by atoms with Crippen LogP contribution in [0.1, 0.15) is 42.2 Å². The van der Waals surface area contributed by atoms with Gasteiger partial charge in [-0.1, -0.05) is 55.8 Å². The summed E-state index contributed by atoms with van der Waals surface area (Å²) in [4.78, 5) is 16.3. The third-order valence-electron chi connectivity index (χ3n) is 3.20. The Morgan fingerprint density at radius 3 is 2.57 bits per heavy atom. The van der Waals surface area contributed by atoms with Crippen molar-refractivity contribution in [1.29, 1.82) is 0 Å². The second-order valence-electron chi connectivity index (χ2n) is 5.43. The fourth-order valence-electron chi connectivity index (χ4n) is 2.22. The fourth-order valence-corrected chi connectivity index (χ4v) is 2.39. The van der Waals surface area contributed by atoms with Crippen LogP contribution in [0.4, 0.5) is 0 Å². The summed E-state index contributed by atoms with van der Waals surface area (Å²) in [5.74, 6) is 0.352. The molecule has 110 valence electrons. The Morgan fingerprint density at radius 2 is 1.95 bits per heavy atom. The van der Waals surface area contributed by atoms with E-state index >= 15 is 0 Å². The van der Waals surface area contributed by atoms with Gasteiger partial charge in [0.2, 0.25) is 0 Å². The molecule has 1 unspecified atom stereocenters.